The third-order valence-corrected chi connectivity index (χ3v) is 3.18. The number of hydrogen-bond donors (Lipinski definition) is 0. The summed E-state index contributed by atoms with van der Waals surface area (Å²) >= 11 is 6.00. The minimum absolute atomic E-state index is 0.439. The SMILES string of the molecule is Cn1c2ccc(Cl)cc2c2ccc(C=O)nc21. The van der Waals surface area contributed by atoms with Crippen molar-refractivity contribution in [1.82, 2.24) is 9.55 Å². The smallest absolute Gasteiger partial charge is 0.168 e. The molecule has 0 amide bonds. The fourth-order valence-electron chi connectivity index (χ4n) is 2.13. The highest BCUT2D eigenvalue weighted by Gasteiger charge is 2.09. The van der Waals surface area contributed by atoms with E-state index in [-0.39, 0.29) is 0 Å². The summed E-state index contributed by atoms with van der Waals surface area (Å²) in [7, 11) is 1.93. The Morgan fingerprint density at radius 1 is 1.24 bits per heavy atom. The summed E-state index contributed by atoms with van der Waals surface area (Å²) in [5.41, 5.74) is 2.29. The van der Waals surface area contributed by atoms with Crippen LogP contribution in [0.15, 0.2) is 30.3 Å². The fraction of sp³-hybridized carbons (Fsp3) is 0.0769. The van der Waals surface area contributed by atoms with Gasteiger partial charge < -0.3 is 4.57 Å². The largest absolute Gasteiger partial charge is 0.328 e. The maximum absolute atomic E-state index is 10.7. The molecule has 3 aromatic rings. The standard InChI is InChI=1S/C13H9ClN2O/c1-16-12-5-2-8(14)6-11(12)10-4-3-9(7-17)15-13(10)16/h2-7H,1H3. The van der Waals surface area contributed by atoms with Crippen LogP contribution in [0.2, 0.25) is 5.02 Å². The summed E-state index contributed by atoms with van der Waals surface area (Å²) in [5.74, 6) is 0. The van der Waals surface area contributed by atoms with Crippen LogP contribution in [0.3, 0.4) is 0 Å². The molecular weight excluding hydrogens is 236 g/mol. The van der Waals surface area contributed by atoms with Gasteiger partial charge >= 0.3 is 0 Å². The van der Waals surface area contributed by atoms with E-state index < -0.39 is 0 Å². The lowest BCUT2D eigenvalue weighted by Gasteiger charge is -1.96. The molecule has 0 bridgehead atoms. The third-order valence-electron chi connectivity index (χ3n) is 2.95. The molecule has 1 aromatic carbocycles. The minimum atomic E-state index is 0.439. The number of rotatable bonds is 1. The molecule has 0 atom stereocenters. The quantitative estimate of drug-likeness (QED) is 0.616. The first-order valence-electron chi connectivity index (χ1n) is 5.20. The molecule has 0 radical (unpaired) electrons. The van der Waals surface area contributed by atoms with Crippen LogP contribution >= 0.6 is 11.6 Å². The van der Waals surface area contributed by atoms with Gasteiger partial charge in [-0.15, -0.1) is 0 Å². The second-order valence-corrected chi connectivity index (χ2v) is 4.38. The van der Waals surface area contributed by atoms with Crippen LogP contribution in [-0.4, -0.2) is 15.8 Å². The molecule has 2 heterocycles. The van der Waals surface area contributed by atoms with Gasteiger partial charge in [0.15, 0.2) is 6.29 Å². The molecule has 0 saturated carbocycles. The Labute approximate surface area is 103 Å². The average molecular weight is 245 g/mol. The van der Waals surface area contributed by atoms with Crippen molar-refractivity contribution in [3.8, 4) is 0 Å². The number of pyridine rings is 1. The van der Waals surface area contributed by atoms with Gasteiger partial charge in [-0.1, -0.05) is 11.6 Å². The maximum Gasteiger partial charge on any atom is 0.168 e. The van der Waals surface area contributed by atoms with E-state index in [9.17, 15) is 4.79 Å². The van der Waals surface area contributed by atoms with Gasteiger partial charge in [0.25, 0.3) is 0 Å². The Balaban J connectivity index is 2.53. The van der Waals surface area contributed by atoms with E-state index in [0.717, 1.165) is 28.2 Å². The van der Waals surface area contributed by atoms with E-state index in [1.54, 1.807) is 6.07 Å². The lowest BCUT2D eigenvalue weighted by Crippen LogP contribution is -1.92. The zero-order valence-corrected chi connectivity index (χ0v) is 9.90. The van der Waals surface area contributed by atoms with Crippen LogP contribution in [0.25, 0.3) is 21.9 Å². The van der Waals surface area contributed by atoms with Crippen LogP contribution in [0, 0.1) is 0 Å². The molecule has 84 valence electrons. The van der Waals surface area contributed by atoms with Crippen LogP contribution in [-0.2, 0) is 7.05 Å². The molecule has 0 aliphatic heterocycles. The predicted molar refractivity (Wildman–Crippen MR) is 68.6 cm³/mol. The van der Waals surface area contributed by atoms with Crippen LogP contribution in [0.1, 0.15) is 10.5 Å². The molecule has 2 aromatic heterocycles. The van der Waals surface area contributed by atoms with Gasteiger partial charge in [-0.05, 0) is 30.3 Å². The van der Waals surface area contributed by atoms with Crippen molar-refractivity contribution < 1.29 is 4.79 Å². The van der Waals surface area contributed by atoms with Crippen molar-refractivity contribution in [3.63, 3.8) is 0 Å². The van der Waals surface area contributed by atoms with Crippen molar-refractivity contribution in [2.75, 3.05) is 0 Å². The van der Waals surface area contributed by atoms with Crippen LogP contribution < -0.4 is 0 Å². The first-order chi connectivity index (χ1) is 8.20. The van der Waals surface area contributed by atoms with Crippen molar-refractivity contribution in [3.05, 3.63) is 41.0 Å². The van der Waals surface area contributed by atoms with Crippen molar-refractivity contribution in [2.45, 2.75) is 0 Å². The number of aldehydes is 1. The molecule has 0 spiro atoms. The molecule has 0 N–H and O–H groups in total. The number of halogens is 1. The monoisotopic (exact) mass is 244 g/mol. The van der Waals surface area contributed by atoms with Gasteiger partial charge in [-0.25, -0.2) is 4.98 Å². The third kappa shape index (κ3) is 1.43. The summed E-state index contributed by atoms with van der Waals surface area (Å²) in [4.78, 5) is 15.0. The summed E-state index contributed by atoms with van der Waals surface area (Å²) < 4.78 is 1.97. The van der Waals surface area contributed by atoms with Gasteiger partial charge in [0.2, 0.25) is 0 Å². The lowest BCUT2D eigenvalue weighted by molar-refractivity contribution is 0.111. The molecule has 0 unspecified atom stereocenters. The van der Waals surface area contributed by atoms with E-state index in [1.165, 1.54) is 0 Å². The molecule has 0 aliphatic carbocycles. The van der Waals surface area contributed by atoms with Crippen molar-refractivity contribution in [1.29, 1.82) is 0 Å². The van der Waals surface area contributed by atoms with Gasteiger partial charge in [0.05, 0.1) is 5.52 Å². The normalized spacial score (nSPS) is 11.2. The Hall–Kier alpha value is -1.87. The number of fused-ring (bicyclic) bond motifs is 3. The first-order valence-corrected chi connectivity index (χ1v) is 5.58. The zero-order chi connectivity index (χ0) is 12.0. The van der Waals surface area contributed by atoms with E-state index in [4.69, 9.17) is 11.6 Å². The summed E-state index contributed by atoms with van der Waals surface area (Å²) in [5, 5.41) is 2.76. The van der Waals surface area contributed by atoms with E-state index in [2.05, 4.69) is 4.98 Å². The molecule has 0 saturated heterocycles. The van der Waals surface area contributed by atoms with Gasteiger partial charge in [0.1, 0.15) is 11.3 Å². The summed E-state index contributed by atoms with van der Waals surface area (Å²) in [6, 6.07) is 9.35. The molecule has 0 aliphatic rings. The van der Waals surface area contributed by atoms with E-state index in [0.29, 0.717) is 10.7 Å². The fourth-order valence-corrected chi connectivity index (χ4v) is 2.30. The predicted octanol–water partition coefficient (Wildman–Crippen LogP) is 3.19. The number of aryl methyl sites for hydroxylation is 1. The highest BCUT2D eigenvalue weighted by Crippen LogP contribution is 2.29. The summed E-state index contributed by atoms with van der Waals surface area (Å²) in [6.07, 6.45) is 0.754. The number of carbonyl (C=O) groups excluding carboxylic acids is 1. The van der Waals surface area contributed by atoms with Crippen LogP contribution in [0.5, 0.6) is 0 Å². The topological polar surface area (TPSA) is 34.9 Å². The zero-order valence-electron chi connectivity index (χ0n) is 9.14. The summed E-state index contributed by atoms with van der Waals surface area (Å²) in [6.45, 7) is 0. The van der Waals surface area contributed by atoms with E-state index in [1.807, 2.05) is 35.9 Å². The number of nitrogens with zero attached hydrogens (tertiary/aromatic N) is 2. The Morgan fingerprint density at radius 2 is 2.06 bits per heavy atom. The number of hydrogen-bond acceptors (Lipinski definition) is 2. The van der Waals surface area contributed by atoms with E-state index >= 15 is 0 Å². The Bertz CT molecular complexity index is 746. The molecular formula is C13H9ClN2O. The Morgan fingerprint density at radius 3 is 2.82 bits per heavy atom. The molecule has 3 rings (SSSR count). The van der Waals surface area contributed by atoms with Crippen LogP contribution in [0.4, 0.5) is 0 Å². The second kappa shape index (κ2) is 3.57. The Kier molecular flexibility index (Phi) is 2.16. The van der Waals surface area contributed by atoms with Gasteiger partial charge in [-0.2, -0.15) is 0 Å². The van der Waals surface area contributed by atoms with Gasteiger partial charge in [0, 0.05) is 22.8 Å². The first kappa shape index (κ1) is 10.3. The maximum atomic E-state index is 10.7. The average Bonchev–Trinajstić information content (AvgIpc) is 2.62. The highest BCUT2D eigenvalue weighted by atomic mass is 35.5. The number of benzene rings is 1. The number of aromatic nitrogens is 2. The molecule has 3 nitrogen and oxygen atoms in total. The van der Waals surface area contributed by atoms with Gasteiger partial charge in [-0.3, -0.25) is 4.79 Å². The van der Waals surface area contributed by atoms with Crippen molar-refractivity contribution >= 4 is 39.8 Å². The van der Waals surface area contributed by atoms with Crippen molar-refractivity contribution in [2.24, 2.45) is 7.05 Å². The number of carbonyl (C=O) groups is 1. The molecule has 4 heteroatoms. The molecule has 17 heavy (non-hydrogen) atoms. The lowest BCUT2D eigenvalue weighted by atomic mass is 10.2. The molecule has 0 fully saturated rings. The minimum Gasteiger partial charge on any atom is -0.328 e. The second-order valence-electron chi connectivity index (χ2n) is 3.95. The highest BCUT2D eigenvalue weighted by molar-refractivity contribution is 6.31.